The van der Waals surface area contributed by atoms with Gasteiger partial charge in [0.2, 0.25) is 5.75 Å². The van der Waals surface area contributed by atoms with Crippen molar-refractivity contribution >= 4 is 11.9 Å². The normalized spacial score (nSPS) is 12.7. The number of methoxy groups -OCH3 is 2. The largest absolute Gasteiger partial charge is 0.493 e. The van der Waals surface area contributed by atoms with Gasteiger partial charge in [0.05, 0.1) is 14.2 Å². The molecule has 0 radical (unpaired) electrons. The van der Waals surface area contributed by atoms with Crippen molar-refractivity contribution in [3.05, 3.63) is 41.5 Å². The zero-order valence-electron chi connectivity index (χ0n) is 16.8. The number of fused-ring (bicyclic) bond motifs is 1. The number of alkyl halides is 3. The first-order chi connectivity index (χ1) is 14.7. The Bertz CT molecular complexity index is 990. The topological polar surface area (TPSA) is 83.1 Å². The maximum atomic E-state index is 12.2. The first-order valence-electron chi connectivity index (χ1n) is 9.25. The fraction of sp³-hybridized carbons (Fsp3) is 0.333. The molecule has 2 aromatic rings. The Morgan fingerprint density at radius 1 is 1.03 bits per heavy atom. The van der Waals surface area contributed by atoms with Crippen molar-refractivity contribution in [1.82, 2.24) is 5.32 Å². The van der Waals surface area contributed by atoms with E-state index in [4.69, 9.17) is 14.2 Å². The number of esters is 1. The van der Waals surface area contributed by atoms with Gasteiger partial charge in [-0.1, -0.05) is 6.07 Å². The highest BCUT2D eigenvalue weighted by Crippen LogP contribution is 2.45. The molecule has 1 heterocycles. The zero-order valence-corrected chi connectivity index (χ0v) is 16.8. The van der Waals surface area contributed by atoms with Crippen LogP contribution in [0.15, 0.2) is 30.3 Å². The lowest BCUT2D eigenvalue weighted by Gasteiger charge is -2.18. The van der Waals surface area contributed by atoms with Crippen LogP contribution in [0.3, 0.4) is 0 Å². The zero-order chi connectivity index (χ0) is 22.6. The number of benzene rings is 2. The number of carbonyl (C=O) groups is 2. The third-order valence-electron chi connectivity index (χ3n) is 4.54. The van der Waals surface area contributed by atoms with Crippen LogP contribution in [-0.4, -0.2) is 45.5 Å². The quantitative estimate of drug-likeness (QED) is 0.501. The Morgan fingerprint density at radius 3 is 2.45 bits per heavy atom. The smallest absolute Gasteiger partial charge is 0.399 e. The molecule has 10 heteroatoms. The monoisotopic (exact) mass is 439 g/mol. The SMILES string of the molecule is COc1ccc(-c2ccc3c(c2)CNC3=O)c(OCCOC(=O)CC(F)(F)F)c1OC. The Labute approximate surface area is 176 Å². The fourth-order valence-corrected chi connectivity index (χ4v) is 3.18. The summed E-state index contributed by atoms with van der Waals surface area (Å²) in [5, 5.41) is 2.74. The van der Waals surface area contributed by atoms with Crippen LogP contribution < -0.4 is 19.5 Å². The predicted octanol–water partition coefficient (Wildman–Crippen LogP) is 3.49. The summed E-state index contributed by atoms with van der Waals surface area (Å²) in [4.78, 5) is 23.0. The summed E-state index contributed by atoms with van der Waals surface area (Å²) in [6.07, 6.45) is -6.30. The summed E-state index contributed by atoms with van der Waals surface area (Å²) < 4.78 is 57.7. The molecule has 0 fully saturated rings. The van der Waals surface area contributed by atoms with Crippen LogP contribution in [0.2, 0.25) is 0 Å². The van der Waals surface area contributed by atoms with E-state index in [2.05, 4.69) is 10.1 Å². The van der Waals surface area contributed by atoms with Crippen LogP contribution in [0, 0.1) is 0 Å². The lowest BCUT2D eigenvalue weighted by Crippen LogP contribution is -2.19. The van der Waals surface area contributed by atoms with Gasteiger partial charge >= 0.3 is 12.1 Å². The van der Waals surface area contributed by atoms with Crippen molar-refractivity contribution < 1.29 is 41.7 Å². The second-order valence-corrected chi connectivity index (χ2v) is 6.59. The van der Waals surface area contributed by atoms with Crippen LogP contribution in [0.4, 0.5) is 13.2 Å². The van der Waals surface area contributed by atoms with E-state index in [1.165, 1.54) is 14.2 Å². The molecule has 3 rings (SSSR count). The van der Waals surface area contributed by atoms with Gasteiger partial charge in [0.25, 0.3) is 5.91 Å². The Kier molecular flexibility index (Phi) is 6.57. The summed E-state index contributed by atoms with van der Waals surface area (Å²) >= 11 is 0. The Balaban J connectivity index is 1.83. The van der Waals surface area contributed by atoms with E-state index < -0.39 is 18.6 Å². The maximum Gasteiger partial charge on any atom is 0.399 e. The number of ether oxygens (including phenoxy) is 4. The van der Waals surface area contributed by atoms with Gasteiger partial charge in [0.1, 0.15) is 19.6 Å². The first kappa shape index (κ1) is 22.3. The summed E-state index contributed by atoms with van der Waals surface area (Å²) in [7, 11) is 2.87. The highest BCUT2D eigenvalue weighted by atomic mass is 19.4. The molecule has 31 heavy (non-hydrogen) atoms. The minimum atomic E-state index is -4.63. The summed E-state index contributed by atoms with van der Waals surface area (Å²) in [6.45, 7) is -0.178. The number of hydrogen-bond donors (Lipinski definition) is 1. The Morgan fingerprint density at radius 2 is 1.77 bits per heavy atom. The molecule has 1 aliphatic heterocycles. The standard InChI is InChI=1S/C21H20F3NO6/c1-28-16-6-5-14(12-3-4-15-13(9-12)11-25-20(15)27)18(19(16)29-2)31-8-7-30-17(26)10-21(22,23)24/h3-6,9H,7-8,10-11H2,1-2H3,(H,25,27). The second kappa shape index (κ2) is 9.15. The average molecular weight is 439 g/mol. The number of rotatable bonds is 8. The highest BCUT2D eigenvalue weighted by molar-refractivity contribution is 5.99. The molecule has 0 saturated heterocycles. The summed E-state index contributed by atoms with van der Waals surface area (Å²) in [6, 6.07) is 8.71. The van der Waals surface area contributed by atoms with E-state index >= 15 is 0 Å². The highest BCUT2D eigenvalue weighted by Gasteiger charge is 2.32. The molecule has 2 aromatic carbocycles. The number of halogens is 3. The molecule has 0 atom stereocenters. The van der Waals surface area contributed by atoms with Crippen LogP contribution in [0.5, 0.6) is 17.2 Å². The van der Waals surface area contributed by atoms with Gasteiger partial charge in [-0.3, -0.25) is 9.59 Å². The van der Waals surface area contributed by atoms with E-state index in [1.54, 1.807) is 24.3 Å². The lowest BCUT2D eigenvalue weighted by atomic mass is 9.99. The van der Waals surface area contributed by atoms with Gasteiger partial charge in [0, 0.05) is 17.7 Å². The van der Waals surface area contributed by atoms with Crippen LogP contribution >= 0.6 is 0 Å². The molecular weight excluding hydrogens is 419 g/mol. The van der Waals surface area contributed by atoms with E-state index in [-0.39, 0.29) is 30.6 Å². The average Bonchev–Trinajstić information content (AvgIpc) is 3.09. The third kappa shape index (κ3) is 5.19. The van der Waals surface area contributed by atoms with Crippen molar-refractivity contribution in [2.75, 3.05) is 27.4 Å². The van der Waals surface area contributed by atoms with Gasteiger partial charge in [-0.15, -0.1) is 0 Å². The molecule has 7 nitrogen and oxygen atoms in total. The summed E-state index contributed by atoms with van der Waals surface area (Å²) in [5.41, 5.74) is 2.76. The Hall–Kier alpha value is -3.43. The lowest BCUT2D eigenvalue weighted by molar-refractivity contribution is -0.171. The summed E-state index contributed by atoms with van der Waals surface area (Å²) in [5.74, 6) is -0.605. The van der Waals surface area contributed by atoms with Crippen molar-refractivity contribution in [1.29, 1.82) is 0 Å². The van der Waals surface area contributed by atoms with Crippen molar-refractivity contribution in [2.45, 2.75) is 19.1 Å². The number of nitrogens with one attached hydrogen (secondary N) is 1. The second-order valence-electron chi connectivity index (χ2n) is 6.59. The van der Waals surface area contributed by atoms with E-state index in [0.29, 0.717) is 23.4 Å². The molecule has 0 spiro atoms. The minimum Gasteiger partial charge on any atom is -0.493 e. The van der Waals surface area contributed by atoms with E-state index in [1.807, 2.05) is 6.07 Å². The fourth-order valence-electron chi connectivity index (χ4n) is 3.18. The molecule has 0 unspecified atom stereocenters. The molecule has 0 aliphatic carbocycles. The minimum absolute atomic E-state index is 0.147. The molecule has 1 aliphatic rings. The number of amides is 1. The van der Waals surface area contributed by atoms with Crippen LogP contribution in [-0.2, 0) is 16.1 Å². The number of carbonyl (C=O) groups excluding carboxylic acids is 2. The molecule has 1 N–H and O–H groups in total. The van der Waals surface area contributed by atoms with Gasteiger partial charge in [0.15, 0.2) is 11.5 Å². The molecule has 0 bridgehead atoms. The van der Waals surface area contributed by atoms with E-state index in [9.17, 15) is 22.8 Å². The van der Waals surface area contributed by atoms with Gasteiger partial charge in [-0.25, -0.2) is 0 Å². The predicted molar refractivity (Wildman–Crippen MR) is 103 cm³/mol. The van der Waals surface area contributed by atoms with Gasteiger partial charge in [-0.2, -0.15) is 13.2 Å². The van der Waals surface area contributed by atoms with Crippen molar-refractivity contribution in [3.8, 4) is 28.4 Å². The van der Waals surface area contributed by atoms with E-state index in [0.717, 1.165) is 11.1 Å². The van der Waals surface area contributed by atoms with Crippen LogP contribution in [0.1, 0.15) is 22.3 Å². The maximum absolute atomic E-state index is 12.2. The molecular formula is C21H20F3NO6. The third-order valence-corrected chi connectivity index (χ3v) is 4.54. The molecule has 166 valence electrons. The van der Waals surface area contributed by atoms with Gasteiger partial charge < -0.3 is 24.3 Å². The first-order valence-corrected chi connectivity index (χ1v) is 9.25. The number of hydrogen-bond acceptors (Lipinski definition) is 6. The van der Waals surface area contributed by atoms with Crippen molar-refractivity contribution in [2.24, 2.45) is 0 Å². The molecule has 1 amide bonds. The molecule has 0 aromatic heterocycles. The van der Waals surface area contributed by atoms with Gasteiger partial charge in [-0.05, 0) is 35.4 Å². The van der Waals surface area contributed by atoms with Crippen molar-refractivity contribution in [3.63, 3.8) is 0 Å². The van der Waals surface area contributed by atoms with Crippen LogP contribution in [0.25, 0.3) is 11.1 Å². The molecule has 0 saturated carbocycles.